The standard InChI is InChI=1S/C31H37FN2O2/c1-22-8-6-7-11-29(22)30-21-33(20-28-17-12-23(2)36-28)18-25(30)19-34(27-9-4-3-5-10-27)31(35)24-13-15-26(32)16-14-24/h6-8,11-17,25,27,30H,3-5,9-10,18-21H2,1-2H3/t25-,30-/m1/s1. The van der Waals surface area contributed by atoms with Gasteiger partial charge < -0.3 is 9.32 Å². The summed E-state index contributed by atoms with van der Waals surface area (Å²) in [6.45, 7) is 7.52. The van der Waals surface area contributed by atoms with Gasteiger partial charge in [0, 0.05) is 37.2 Å². The van der Waals surface area contributed by atoms with Crippen molar-refractivity contribution in [3.8, 4) is 0 Å². The first kappa shape index (κ1) is 24.8. The maximum absolute atomic E-state index is 13.8. The minimum Gasteiger partial charge on any atom is -0.465 e. The van der Waals surface area contributed by atoms with Gasteiger partial charge in [0.1, 0.15) is 17.3 Å². The number of rotatable bonds is 7. The Morgan fingerprint density at radius 3 is 2.42 bits per heavy atom. The summed E-state index contributed by atoms with van der Waals surface area (Å²) in [5.41, 5.74) is 3.26. The monoisotopic (exact) mass is 488 g/mol. The van der Waals surface area contributed by atoms with Crippen LogP contribution in [0.15, 0.2) is 65.1 Å². The van der Waals surface area contributed by atoms with E-state index in [0.29, 0.717) is 23.9 Å². The van der Waals surface area contributed by atoms with E-state index in [2.05, 4.69) is 47.1 Å². The second-order valence-electron chi connectivity index (χ2n) is 10.7. The molecule has 0 unspecified atom stereocenters. The molecule has 1 amide bonds. The number of likely N-dealkylation sites (tertiary alicyclic amines) is 1. The van der Waals surface area contributed by atoms with Gasteiger partial charge in [0.25, 0.3) is 5.91 Å². The predicted molar refractivity (Wildman–Crippen MR) is 140 cm³/mol. The van der Waals surface area contributed by atoms with Gasteiger partial charge in [-0.2, -0.15) is 0 Å². The van der Waals surface area contributed by atoms with Crippen LogP contribution < -0.4 is 0 Å². The van der Waals surface area contributed by atoms with Crippen molar-refractivity contribution in [1.29, 1.82) is 0 Å². The lowest BCUT2D eigenvalue weighted by Crippen LogP contribution is -2.45. The first-order valence-corrected chi connectivity index (χ1v) is 13.4. The van der Waals surface area contributed by atoms with E-state index in [1.54, 1.807) is 12.1 Å². The third-order valence-electron chi connectivity index (χ3n) is 8.08. The van der Waals surface area contributed by atoms with Crippen molar-refractivity contribution >= 4 is 5.91 Å². The second-order valence-corrected chi connectivity index (χ2v) is 10.7. The van der Waals surface area contributed by atoms with Crippen LogP contribution in [0.4, 0.5) is 4.39 Å². The van der Waals surface area contributed by atoms with Crippen molar-refractivity contribution in [2.75, 3.05) is 19.6 Å². The van der Waals surface area contributed by atoms with Crippen LogP contribution in [0, 0.1) is 25.6 Å². The van der Waals surface area contributed by atoms with Crippen molar-refractivity contribution in [1.82, 2.24) is 9.80 Å². The van der Waals surface area contributed by atoms with Crippen molar-refractivity contribution in [3.63, 3.8) is 0 Å². The number of carbonyl (C=O) groups excluding carboxylic acids is 1. The molecule has 2 fully saturated rings. The van der Waals surface area contributed by atoms with E-state index in [4.69, 9.17) is 4.42 Å². The molecule has 0 bridgehead atoms. The second kappa shape index (κ2) is 11.0. The van der Waals surface area contributed by atoms with Gasteiger partial charge in [-0.15, -0.1) is 0 Å². The van der Waals surface area contributed by atoms with Gasteiger partial charge in [-0.3, -0.25) is 9.69 Å². The lowest BCUT2D eigenvalue weighted by molar-refractivity contribution is 0.0587. The highest BCUT2D eigenvalue weighted by Crippen LogP contribution is 2.37. The van der Waals surface area contributed by atoms with E-state index in [1.807, 2.05) is 13.0 Å². The Morgan fingerprint density at radius 1 is 0.972 bits per heavy atom. The zero-order chi connectivity index (χ0) is 25.1. The van der Waals surface area contributed by atoms with E-state index in [1.165, 1.54) is 29.7 Å². The summed E-state index contributed by atoms with van der Waals surface area (Å²) < 4.78 is 19.5. The molecule has 5 rings (SSSR count). The third kappa shape index (κ3) is 5.57. The largest absolute Gasteiger partial charge is 0.465 e. The van der Waals surface area contributed by atoms with Gasteiger partial charge >= 0.3 is 0 Å². The molecule has 2 aromatic carbocycles. The Morgan fingerprint density at radius 2 is 1.72 bits per heavy atom. The number of carbonyl (C=O) groups is 1. The fraction of sp³-hybridized carbons (Fsp3) is 0.452. The molecule has 3 aromatic rings. The van der Waals surface area contributed by atoms with Gasteiger partial charge in [0.15, 0.2) is 0 Å². The van der Waals surface area contributed by atoms with E-state index >= 15 is 0 Å². The Hall–Kier alpha value is -2.92. The van der Waals surface area contributed by atoms with Crippen LogP contribution in [0.25, 0.3) is 0 Å². The van der Waals surface area contributed by atoms with Gasteiger partial charge in [0.05, 0.1) is 6.54 Å². The molecular weight excluding hydrogens is 451 g/mol. The summed E-state index contributed by atoms with van der Waals surface area (Å²) in [6.07, 6.45) is 5.65. The quantitative estimate of drug-likeness (QED) is 0.370. The van der Waals surface area contributed by atoms with E-state index in [9.17, 15) is 9.18 Å². The molecule has 5 heteroatoms. The molecule has 2 aliphatic rings. The Kier molecular flexibility index (Phi) is 7.56. The van der Waals surface area contributed by atoms with Gasteiger partial charge in [-0.1, -0.05) is 43.5 Å². The summed E-state index contributed by atoms with van der Waals surface area (Å²) in [5.74, 6) is 2.30. The smallest absolute Gasteiger partial charge is 0.254 e. The summed E-state index contributed by atoms with van der Waals surface area (Å²) in [6, 6.07) is 19.0. The van der Waals surface area contributed by atoms with Crippen molar-refractivity contribution < 1.29 is 13.6 Å². The number of benzene rings is 2. The predicted octanol–water partition coefficient (Wildman–Crippen LogP) is 6.73. The molecule has 4 nitrogen and oxygen atoms in total. The summed E-state index contributed by atoms with van der Waals surface area (Å²) in [5, 5.41) is 0. The number of nitrogens with zero attached hydrogens (tertiary/aromatic N) is 2. The number of aryl methyl sites for hydroxylation is 2. The maximum atomic E-state index is 13.8. The number of amides is 1. The average molecular weight is 489 g/mol. The average Bonchev–Trinajstić information content (AvgIpc) is 3.48. The minimum absolute atomic E-state index is 0.0329. The number of halogens is 1. The first-order valence-electron chi connectivity index (χ1n) is 13.4. The van der Waals surface area contributed by atoms with Crippen molar-refractivity contribution in [3.05, 3.63) is 94.7 Å². The molecule has 1 aliphatic heterocycles. The van der Waals surface area contributed by atoms with Gasteiger partial charge in [-0.25, -0.2) is 4.39 Å². The summed E-state index contributed by atoms with van der Waals surface area (Å²) in [7, 11) is 0. The SMILES string of the molecule is Cc1ccc(CN2C[C@H](CN(C(=O)c3ccc(F)cc3)C3CCCCC3)[C@H](c3ccccc3C)C2)o1. The molecule has 0 spiro atoms. The van der Waals surface area contributed by atoms with E-state index in [0.717, 1.165) is 56.8 Å². The van der Waals surface area contributed by atoms with Crippen LogP contribution in [0.5, 0.6) is 0 Å². The molecule has 1 aliphatic carbocycles. The number of furan rings is 1. The van der Waals surface area contributed by atoms with Crippen molar-refractivity contribution in [2.45, 2.75) is 64.5 Å². The fourth-order valence-corrected chi connectivity index (χ4v) is 6.22. The van der Waals surface area contributed by atoms with Crippen LogP contribution in [-0.2, 0) is 6.54 Å². The van der Waals surface area contributed by atoms with Crippen LogP contribution >= 0.6 is 0 Å². The summed E-state index contributed by atoms with van der Waals surface area (Å²) >= 11 is 0. The Balaban J connectivity index is 1.43. The van der Waals surface area contributed by atoms with Gasteiger partial charge in [0.2, 0.25) is 0 Å². The highest BCUT2D eigenvalue weighted by atomic mass is 19.1. The zero-order valence-corrected chi connectivity index (χ0v) is 21.5. The lowest BCUT2D eigenvalue weighted by atomic mass is 9.85. The fourth-order valence-electron chi connectivity index (χ4n) is 6.22. The first-order chi connectivity index (χ1) is 17.5. The molecule has 36 heavy (non-hydrogen) atoms. The van der Waals surface area contributed by atoms with Crippen molar-refractivity contribution in [2.24, 2.45) is 5.92 Å². The molecule has 0 radical (unpaired) electrons. The number of hydrogen-bond donors (Lipinski definition) is 0. The normalized spacial score (nSPS) is 21.1. The minimum atomic E-state index is -0.310. The van der Waals surface area contributed by atoms with E-state index < -0.39 is 0 Å². The highest BCUT2D eigenvalue weighted by Gasteiger charge is 2.38. The molecule has 0 N–H and O–H groups in total. The Bertz CT molecular complexity index is 1170. The molecule has 190 valence electrons. The van der Waals surface area contributed by atoms with Crippen LogP contribution in [0.2, 0.25) is 0 Å². The van der Waals surface area contributed by atoms with E-state index in [-0.39, 0.29) is 17.8 Å². The zero-order valence-electron chi connectivity index (χ0n) is 21.5. The molecule has 1 saturated carbocycles. The number of hydrogen-bond acceptors (Lipinski definition) is 3. The maximum Gasteiger partial charge on any atom is 0.254 e. The van der Waals surface area contributed by atoms with Crippen LogP contribution in [0.3, 0.4) is 0 Å². The third-order valence-corrected chi connectivity index (χ3v) is 8.08. The molecule has 2 atom stereocenters. The van der Waals surface area contributed by atoms with Crippen LogP contribution in [0.1, 0.15) is 71.0 Å². The lowest BCUT2D eigenvalue weighted by Gasteiger charge is -2.37. The Labute approximate surface area is 214 Å². The molecule has 2 heterocycles. The highest BCUT2D eigenvalue weighted by molar-refractivity contribution is 5.94. The summed E-state index contributed by atoms with van der Waals surface area (Å²) in [4.78, 5) is 18.4. The van der Waals surface area contributed by atoms with Crippen LogP contribution in [-0.4, -0.2) is 41.4 Å². The molecular formula is C31H37FN2O2. The molecule has 1 saturated heterocycles. The van der Waals surface area contributed by atoms with Gasteiger partial charge in [-0.05, 0) is 80.1 Å². The molecule has 1 aromatic heterocycles. The topological polar surface area (TPSA) is 36.7 Å².